The number of piperidine rings is 1. The first-order valence-electron chi connectivity index (χ1n) is 10.6. The number of allylic oxidation sites excluding steroid dienone is 3. The summed E-state index contributed by atoms with van der Waals surface area (Å²) in [6, 6.07) is 8.27. The molecule has 1 aromatic heterocycles. The van der Waals surface area contributed by atoms with Crippen LogP contribution in [0.3, 0.4) is 0 Å². The summed E-state index contributed by atoms with van der Waals surface area (Å²) < 4.78 is 14.4. The molecule has 1 amide bonds. The second-order valence-electron chi connectivity index (χ2n) is 8.09. The van der Waals surface area contributed by atoms with Gasteiger partial charge in [-0.3, -0.25) is 9.80 Å². The van der Waals surface area contributed by atoms with Crippen LogP contribution in [0.25, 0.3) is 16.7 Å². The predicted octanol–water partition coefficient (Wildman–Crippen LogP) is 3.60. The van der Waals surface area contributed by atoms with Gasteiger partial charge in [0.2, 0.25) is 0 Å². The van der Waals surface area contributed by atoms with E-state index in [-0.39, 0.29) is 17.5 Å². The van der Waals surface area contributed by atoms with Gasteiger partial charge in [0.25, 0.3) is 5.91 Å². The van der Waals surface area contributed by atoms with Crippen LogP contribution < -0.4 is 11.2 Å². The summed E-state index contributed by atoms with van der Waals surface area (Å²) in [6.45, 7) is 1.99. The molecule has 0 radical (unpaired) electrons. The second kappa shape index (κ2) is 8.36. The van der Waals surface area contributed by atoms with Crippen molar-refractivity contribution in [3.63, 3.8) is 0 Å². The quantitative estimate of drug-likeness (QED) is 0.751. The number of nitrogens with zero attached hydrogens (tertiary/aromatic N) is 3. The molecule has 8 heteroatoms. The van der Waals surface area contributed by atoms with Gasteiger partial charge in [-0.25, -0.2) is 9.82 Å². The van der Waals surface area contributed by atoms with Crippen LogP contribution in [0.1, 0.15) is 33.0 Å². The highest BCUT2D eigenvalue weighted by Gasteiger charge is 2.27. The molecule has 0 bridgehead atoms. The number of likely N-dealkylation sites (tertiary alicyclic amines) is 1. The van der Waals surface area contributed by atoms with Gasteiger partial charge < -0.3 is 10.6 Å². The number of carbonyl (C=O) groups excluding carboxylic acids is 1. The minimum Gasteiger partial charge on any atom is -0.336 e. The van der Waals surface area contributed by atoms with E-state index >= 15 is 0 Å². The lowest BCUT2D eigenvalue weighted by atomic mass is 9.99. The highest BCUT2D eigenvalue weighted by Crippen LogP contribution is 2.40. The molecule has 1 unspecified atom stereocenters. The van der Waals surface area contributed by atoms with E-state index in [1.807, 2.05) is 34.3 Å². The van der Waals surface area contributed by atoms with Gasteiger partial charge in [0.15, 0.2) is 0 Å². The minimum atomic E-state index is -0.570. The molecule has 2 aromatic rings. The molecule has 6 nitrogen and oxygen atoms in total. The fourth-order valence-corrected chi connectivity index (χ4v) is 5.40. The van der Waals surface area contributed by atoms with Gasteiger partial charge in [0, 0.05) is 42.3 Å². The lowest BCUT2D eigenvalue weighted by molar-refractivity contribution is 0.0714. The molecule has 1 atom stereocenters. The highest BCUT2D eigenvalue weighted by molar-refractivity contribution is 7.15. The molecule has 1 saturated heterocycles. The minimum absolute atomic E-state index is 0.00117. The van der Waals surface area contributed by atoms with Crippen molar-refractivity contribution in [2.75, 3.05) is 19.6 Å². The first-order valence-corrected chi connectivity index (χ1v) is 11.4. The van der Waals surface area contributed by atoms with E-state index in [1.54, 1.807) is 6.07 Å². The lowest BCUT2D eigenvalue weighted by Gasteiger charge is -2.30. The average molecular weight is 448 g/mol. The standard InChI is InChI=1S/C24H22FN5OS/c25-21-11-15(3-4-17(21)13-26)20-12-22(24(31)29-8-1-2-18(27)14-29)32-23(20)16-6-9-30-19(10-16)5-7-28-30/h3-6,9-12,18,28H,1-2,7-8,14,27H2. The van der Waals surface area contributed by atoms with Gasteiger partial charge in [-0.1, -0.05) is 6.07 Å². The number of fused-ring (bicyclic) bond motifs is 1. The van der Waals surface area contributed by atoms with Crippen molar-refractivity contribution >= 4 is 22.8 Å². The Labute approximate surface area is 189 Å². The number of hydrogen-bond donors (Lipinski definition) is 2. The zero-order valence-corrected chi connectivity index (χ0v) is 18.2. The van der Waals surface area contributed by atoms with Crippen LogP contribution in [0.5, 0.6) is 0 Å². The molecule has 32 heavy (non-hydrogen) atoms. The molecular weight excluding hydrogens is 425 g/mol. The Kier molecular flexibility index (Phi) is 5.39. The molecule has 0 spiro atoms. The van der Waals surface area contributed by atoms with Crippen LogP contribution in [-0.4, -0.2) is 41.5 Å². The first kappa shape index (κ1) is 20.6. The van der Waals surface area contributed by atoms with Crippen molar-refractivity contribution in [1.82, 2.24) is 15.3 Å². The Bertz CT molecular complexity index is 1220. The van der Waals surface area contributed by atoms with Crippen LogP contribution in [0.15, 0.2) is 54.4 Å². The Balaban J connectivity index is 1.58. The Morgan fingerprint density at radius 3 is 3.00 bits per heavy atom. The summed E-state index contributed by atoms with van der Waals surface area (Å²) in [5, 5.41) is 11.0. The number of halogens is 1. The van der Waals surface area contributed by atoms with Gasteiger partial charge in [0.1, 0.15) is 11.9 Å². The third kappa shape index (κ3) is 3.75. The van der Waals surface area contributed by atoms with Gasteiger partial charge in [-0.05, 0) is 60.4 Å². The number of carbonyl (C=O) groups is 1. The van der Waals surface area contributed by atoms with Gasteiger partial charge in [-0.15, -0.1) is 11.3 Å². The summed E-state index contributed by atoms with van der Waals surface area (Å²) in [7, 11) is 0. The van der Waals surface area contributed by atoms with E-state index < -0.39 is 5.82 Å². The van der Waals surface area contributed by atoms with Crippen molar-refractivity contribution in [3.8, 4) is 17.2 Å². The molecule has 5 rings (SSSR count). The Hall–Kier alpha value is -3.25. The number of hydrazine groups is 1. The van der Waals surface area contributed by atoms with E-state index in [4.69, 9.17) is 11.0 Å². The van der Waals surface area contributed by atoms with E-state index in [2.05, 4.69) is 17.6 Å². The van der Waals surface area contributed by atoms with E-state index in [0.717, 1.165) is 41.1 Å². The maximum atomic E-state index is 14.4. The number of nitriles is 1. The van der Waals surface area contributed by atoms with Crippen molar-refractivity contribution in [1.29, 1.82) is 5.26 Å². The monoisotopic (exact) mass is 447 g/mol. The molecule has 3 N–H and O–H groups in total. The molecule has 162 valence electrons. The first-order chi connectivity index (χ1) is 15.5. The molecule has 3 aliphatic heterocycles. The van der Waals surface area contributed by atoms with Gasteiger partial charge >= 0.3 is 0 Å². The van der Waals surface area contributed by atoms with Crippen LogP contribution in [0.4, 0.5) is 4.39 Å². The number of hydrogen-bond acceptors (Lipinski definition) is 6. The average Bonchev–Trinajstić information content (AvgIpc) is 3.45. The fraction of sp³-hybridized carbons (Fsp3) is 0.250. The maximum absolute atomic E-state index is 14.4. The van der Waals surface area contributed by atoms with Crippen molar-refractivity contribution in [2.45, 2.75) is 18.9 Å². The summed E-state index contributed by atoms with van der Waals surface area (Å²) in [5.74, 6) is -0.616. The largest absolute Gasteiger partial charge is 0.336 e. The van der Waals surface area contributed by atoms with Gasteiger partial charge in [0.05, 0.1) is 16.1 Å². The third-order valence-electron chi connectivity index (χ3n) is 5.91. The molecular formula is C24H22FN5OS. The molecule has 4 heterocycles. The van der Waals surface area contributed by atoms with E-state index in [0.29, 0.717) is 23.5 Å². The van der Waals surface area contributed by atoms with Crippen LogP contribution in [0.2, 0.25) is 0 Å². The second-order valence-corrected chi connectivity index (χ2v) is 9.14. The predicted molar refractivity (Wildman–Crippen MR) is 123 cm³/mol. The lowest BCUT2D eigenvalue weighted by Crippen LogP contribution is -2.45. The SMILES string of the molecule is N#Cc1ccc(-c2cc(C(=O)N3CCCC(N)C3)sc2C2=CC3=CCNN3C=C2)cc1F. The summed E-state index contributed by atoms with van der Waals surface area (Å²) in [5.41, 5.74) is 12.7. The topological polar surface area (TPSA) is 85.4 Å². The molecule has 0 aliphatic carbocycles. The van der Waals surface area contributed by atoms with Crippen LogP contribution in [-0.2, 0) is 0 Å². The molecule has 3 aliphatic rings. The zero-order chi connectivity index (χ0) is 22.2. The number of nitrogens with two attached hydrogens (primary N) is 1. The van der Waals surface area contributed by atoms with E-state index in [1.165, 1.54) is 23.5 Å². The third-order valence-corrected chi connectivity index (χ3v) is 7.08. The number of nitrogens with one attached hydrogen (secondary N) is 1. The number of rotatable bonds is 3. The zero-order valence-electron chi connectivity index (χ0n) is 17.3. The smallest absolute Gasteiger partial charge is 0.264 e. The maximum Gasteiger partial charge on any atom is 0.264 e. The number of amides is 1. The van der Waals surface area contributed by atoms with Gasteiger partial charge in [-0.2, -0.15) is 5.26 Å². The van der Waals surface area contributed by atoms with Crippen LogP contribution in [0, 0.1) is 17.1 Å². The van der Waals surface area contributed by atoms with Crippen molar-refractivity contribution in [2.24, 2.45) is 5.73 Å². The molecule has 0 saturated carbocycles. The normalized spacial score (nSPS) is 20.0. The Morgan fingerprint density at radius 1 is 1.34 bits per heavy atom. The highest BCUT2D eigenvalue weighted by atomic mass is 32.1. The molecule has 1 fully saturated rings. The number of thiophene rings is 1. The van der Waals surface area contributed by atoms with E-state index in [9.17, 15) is 9.18 Å². The van der Waals surface area contributed by atoms with Crippen LogP contribution >= 0.6 is 11.3 Å². The summed E-state index contributed by atoms with van der Waals surface area (Å²) >= 11 is 1.41. The molecule has 1 aromatic carbocycles. The number of benzene rings is 1. The van der Waals surface area contributed by atoms with Crippen molar-refractivity contribution in [3.05, 3.63) is 75.5 Å². The fourth-order valence-electron chi connectivity index (χ4n) is 4.26. The van der Waals surface area contributed by atoms with Crippen molar-refractivity contribution < 1.29 is 9.18 Å². The summed E-state index contributed by atoms with van der Waals surface area (Å²) in [4.78, 5) is 16.6. The Morgan fingerprint density at radius 2 is 2.22 bits per heavy atom. The summed E-state index contributed by atoms with van der Waals surface area (Å²) in [6.07, 6.45) is 9.88.